The first-order valence-electron chi connectivity index (χ1n) is 7.95. The first-order chi connectivity index (χ1) is 11.8. The number of furan rings is 1. The van der Waals surface area contributed by atoms with Gasteiger partial charge in [-0.15, -0.1) is 0 Å². The summed E-state index contributed by atoms with van der Waals surface area (Å²) in [5, 5.41) is 3.20. The number of aliphatic imine (C=N–C) groups is 1. The highest BCUT2D eigenvalue weighted by Gasteiger charge is 2.32. The molecule has 0 saturated heterocycles. The number of anilines is 1. The number of carbonyl (C=O) groups is 1. The van der Waals surface area contributed by atoms with Crippen LogP contribution in [0, 0.1) is 19.7 Å². The number of thioether (sulfide) groups is 1. The Morgan fingerprint density at radius 3 is 2.80 bits per heavy atom. The SMILES string of the molecule is Cc1cc(C(=O)Nc2ccc(F)c([C@]3(C)CCSC(N)=N3)c2)oc1C. The van der Waals surface area contributed by atoms with E-state index in [2.05, 4.69) is 10.3 Å². The summed E-state index contributed by atoms with van der Waals surface area (Å²) in [6, 6.07) is 6.15. The van der Waals surface area contributed by atoms with Gasteiger partial charge in [-0.3, -0.25) is 9.79 Å². The van der Waals surface area contributed by atoms with Crippen LogP contribution < -0.4 is 11.1 Å². The highest BCUT2D eigenvalue weighted by molar-refractivity contribution is 8.13. The standard InChI is InChI=1S/C18H20FN3O2S/c1-10-8-15(24-11(10)2)16(23)21-12-4-5-14(19)13(9-12)18(3)6-7-25-17(20)22-18/h4-5,8-9H,6-7H2,1-3H3,(H2,20,22)(H,21,23)/t18-/m0/s1. The highest BCUT2D eigenvalue weighted by atomic mass is 32.2. The number of nitrogens with two attached hydrogens (primary N) is 1. The van der Waals surface area contributed by atoms with E-state index in [0.717, 1.165) is 11.3 Å². The number of halogens is 1. The topological polar surface area (TPSA) is 80.6 Å². The minimum Gasteiger partial charge on any atom is -0.456 e. The van der Waals surface area contributed by atoms with Crippen molar-refractivity contribution in [1.82, 2.24) is 0 Å². The van der Waals surface area contributed by atoms with E-state index in [9.17, 15) is 9.18 Å². The molecule has 1 atom stereocenters. The zero-order valence-electron chi connectivity index (χ0n) is 14.4. The summed E-state index contributed by atoms with van der Waals surface area (Å²) < 4.78 is 19.8. The zero-order chi connectivity index (χ0) is 18.2. The molecule has 1 amide bonds. The molecule has 7 heteroatoms. The van der Waals surface area contributed by atoms with Crippen molar-refractivity contribution >= 4 is 28.5 Å². The monoisotopic (exact) mass is 361 g/mol. The second kappa shape index (κ2) is 6.55. The molecule has 0 radical (unpaired) electrons. The number of rotatable bonds is 3. The molecule has 132 valence electrons. The average Bonchev–Trinajstić information content (AvgIpc) is 2.88. The van der Waals surface area contributed by atoms with Crippen LogP contribution in [0.3, 0.4) is 0 Å². The van der Waals surface area contributed by atoms with Gasteiger partial charge in [0, 0.05) is 17.0 Å². The Balaban J connectivity index is 1.89. The molecule has 2 aromatic rings. The van der Waals surface area contributed by atoms with Gasteiger partial charge in [0.2, 0.25) is 0 Å². The second-order valence-corrected chi connectivity index (χ2v) is 7.44. The maximum atomic E-state index is 14.4. The van der Waals surface area contributed by atoms with Gasteiger partial charge in [-0.05, 0) is 57.0 Å². The van der Waals surface area contributed by atoms with Crippen LogP contribution in [0.25, 0.3) is 0 Å². The van der Waals surface area contributed by atoms with Gasteiger partial charge < -0.3 is 15.5 Å². The smallest absolute Gasteiger partial charge is 0.291 e. The van der Waals surface area contributed by atoms with Gasteiger partial charge >= 0.3 is 0 Å². The molecular weight excluding hydrogens is 341 g/mol. The van der Waals surface area contributed by atoms with Crippen molar-refractivity contribution in [1.29, 1.82) is 0 Å². The molecule has 1 aliphatic heterocycles. The van der Waals surface area contributed by atoms with E-state index >= 15 is 0 Å². The van der Waals surface area contributed by atoms with E-state index in [1.807, 2.05) is 13.8 Å². The summed E-state index contributed by atoms with van der Waals surface area (Å²) in [5.41, 5.74) is 6.89. The Kier molecular flexibility index (Phi) is 4.60. The summed E-state index contributed by atoms with van der Waals surface area (Å²) in [6.07, 6.45) is 0.670. The summed E-state index contributed by atoms with van der Waals surface area (Å²) in [7, 11) is 0. The molecule has 0 aliphatic carbocycles. The van der Waals surface area contributed by atoms with Crippen LogP contribution >= 0.6 is 11.8 Å². The Morgan fingerprint density at radius 1 is 1.40 bits per heavy atom. The minimum atomic E-state index is -0.738. The number of hydrogen-bond acceptors (Lipinski definition) is 5. The molecule has 0 bridgehead atoms. The first kappa shape index (κ1) is 17.5. The van der Waals surface area contributed by atoms with Gasteiger partial charge in [0.05, 0.1) is 5.54 Å². The fourth-order valence-electron chi connectivity index (χ4n) is 2.77. The number of aryl methyl sites for hydroxylation is 2. The molecule has 0 spiro atoms. The lowest BCUT2D eigenvalue weighted by molar-refractivity contribution is 0.0995. The van der Waals surface area contributed by atoms with Crippen molar-refractivity contribution in [3.8, 4) is 0 Å². The van der Waals surface area contributed by atoms with Crippen LogP contribution in [0.2, 0.25) is 0 Å². The molecule has 1 aliphatic rings. The maximum Gasteiger partial charge on any atom is 0.291 e. The average molecular weight is 361 g/mol. The lowest BCUT2D eigenvalue weighted by atomic mass is 9.89. The van der Waals surface area contributed by atoms with Crippen molar-refractivity contribution < 1.29 is 13.6 Å². The zero-order valence-corrected chi connectivity index (χ0v) is 15.2. The predicted molar refractivity (Wildman–Crippen MR) is 98.6 cm³/mol. The van der Waals surface area contributed by atoms with Gasteiger partial charge in [-0.25, -0.2) is 4.39 Å². The summed E-state index contributed by atoms with van der Waals surface area (Å²) in [5.74, 6) is 0.951. The van der Waals surface area contributed by atoms with E-state index in [-0.39, 0.29) is 17.5 Å². The molecule has 1 aromatic heterocycles. The van der Waals surface area contributed by atoms with E-state index in [1.165, 1.54) is 23.9 Å². The fourth-order valence-corrected chi connectivity index (χ4v) is 3.75. The third kappa shape index (κ3) is 3.56. The van der Waals surface area contributed by atoms with Crippen molar-refractivity contribution in [2.45, 2.75) is 32.7 Å². The number of carbonyl (C=O) groups excluding carboxylic acids is 1. The molecule has 3 N–H and O–H groups in total. The normalized spacial score (nSPS) is 20.2. The Labute approximate surface area is 149 Å². The third-order valence-electron chi connectivity index (χ3n) is 4.39. The molecule has 3 rings (SSSR count). The van der Waals surface area contributed by atoms with Gasteiger partial charge in [0.15, 0.2) is 10.9 Å². The fraction of sp³-hybridized carbons (Fsp3) is 0.333. The van der Waals surface area contributed by atoms with E-state index in [0.29, 0.717) is 28.6 Å². The number of nitrogens with zero attached hydrogens (tertiary/aromatic N) is 1. The van der Waals surface area contributed by atoms with Gasteiger partial charge in [-0.2, -0.15) is 0 Å². The molecular formula is C18H20FN3O2S. The highest BCUT2D eigenvalue weighted by Crippen LogP contribution is 2.37. The molecule has 2 heterocycles. The number of nitrogens with one attached hydrogen (secondary N) is 1. The third-order valence-corrected chi connectivity index (χ3v) is 5.19. The van der Waals surface area contributed by atoms with Crippen LogP contribution in [0.5, 0.6) is 0 Å². The summed E-state index contributed by atoms with van der Waals surface area (Å²) in [6.45, 7) is 5.52. The molecule has 25 heavy (non-hydrogen) atoms. The van der Waals surface area contributed by atoms with E-state index in [1.54, 1.807) is 19.1 Å². The van der Waals surface area contributed by atoms with Crippen LogP contribution in [-0.2, 0) is 5.54 Å². The first-order valence-corrected chi connectivity index (χ1v) is 8.93. The molecule has 1 aromatic carbocycles. The van der Waals surface area contributed by atoms with Crippen molar-refractivity contribution in [2.75, 3.05) is 11.1 Å². The quantitative estimate of drug-likeness (QED) is 0.867. The lowest BCUT2D eigenvalue weighted by Crippen LogP contribution is -2.29. The number of amidine groups is 1. The van der Waals surface area contributed by atoms with Crippen molar-refractivity contribution in [3.63, 3.8) is 0 Å². The second-order valence-electron chi connectivity index (χ2n) is 6.32. The van der Waals surface area contributed by atoms with Crippen molar-refractivity contribution in [3.05, 3.63) is 52.7 Å². The number of benzene rings is 1. The maximum absolute atomic E-state index is 14.4. The summed E-state index contributed by atoms with van der Waals surface area (Å²) >= 11 is 1.46. The molecule has 5 nitrogen and oxygen atoms in total. The number of amides is 1. The van der Waals surface area contributed by atoms with Crippen LogP contribution in [0.15, 0.2) is 33.7 Å². The Hall–Kier alpha value is -2.28. The summed E-state index contributed by atoms with van der Waals surface area (Å²) in [4.78, 5) is 16.8. The molecule has 0 fully saturated rings. The Bertz CT molecular complexity index is 843. The van der Waals surface area contributed by atoms with E-state index in [4.69, 9.17) is 10.2 Å². The van der Waals surface area contributed by atoms with Crippen LogP contribution in [0.4, 0.5) is 10.1 Å². The van der Waals surface area contributed by atoms with Gasteiger partial charge in [0.25, 0.3) is 5.91 Å². The largest absolute Gasteiger partial charge is 0.456 e. The van der Waals surface area contributed by atoms with Crippen molar-refractivity contribution in [2.24, 2.45) is 10.7 Å². The minimum absolute atomic E-state index is 0.225. The van der Waals surface area contributed by atoms with Gasteiger partial charge in [-0.1, -0.05) is 11.8 Å². The Morgan fingerprint density at radius 2 is 2.16 bits per heavy atom. The van der Waals surface area contributed by atoms with E-state index < -0.39 is 5.54 Å². The van der Waals surface area contributed by atoms with Crippen LogP contribution in [-0.4, -0.2) is 16.8 Å². The predicted octanol–water partition coefficient (Wildman–Crippen LogP) is 3.95. The van der Waals surface area contributed by atoms with Gasteiger partial charge in [0.1, 0.15) is 11.6 Å². The number of hydrogen-bond donors (Lipinski definition) is 2. The molecule has 0 saturated carbocycles. The lowest BCUT2D eigenvalue weighted by Gasteiger charge is -2.30. The van der Waals surface area contributed by atoms with Crippen LogP contribution in [0.1, 0.15) is 40.8 Å². The molecule has 0 unspecified atom stereocenters.